The summed E-state index contributed by atoms with van der Waals surface area (Å²) < 4.78 is 0. The highest BCUT2D eigenvalue weighted by Gasteiger charge is 2.22. The van der Waals surface area contributed by atoms with Crippen molar-refractivity contribution in [2.24, 2.45) is 5.92 Å². The van der Waals surface area contributed by atoms with E-state index in [1.165, 1.54) is 6.42 Å². The van der Waals surface area contributed by atoms with Crippen LogP contribution in [0.2, 0.25) is 0 Å². The summed E-state index contributed by atoms with van der Waals surface area (Å²) in [5, 5.41) is 9.19. The zero-order chi connectivity index (χ0) is 12.4. The number of aromatic carboxylic acids is 1. The number of carboxylic acid groups (broad SMARTS) is 1. The topological polar surface area (TPSA) is 53.4 Å². The van der Waals surface area contributed by atoms with Crippen LogP contribution in [0.4, 0.5) is 5.82 Å². The summed E-state index contributed by atoms with van der Waals surface area (Å²) in [6.07, 6.45) is 2.32. The van der Waals surface area contributed by atoms with Crippen molar-refractivity contribution < 1.29 is 9.90 Å². The lowest BCUT2D eigenvalue weighted by atomic mass is 10.00. The third-order valence-electron chi connectivity index (χ3n) is 3.20. The molecule has 0 aromatic carbocycles. The van der Waals surface area contributed by atoms with Gasteiger partial charge in [0.1, 0.15) is 11.4 Å². The molecule has 1 saturated heterocycles. The van der Waals surface area contributed by atoms with E-state index >= 15 is 0 Å². The first-order valence-electron chi connectivity index (χ1n) is 6.04. The smallest absolute Gasteiger partial charge is 0.339 e. The number of aromatic nitrogens is 1. The quantitative estimate of drug-likeness (QED) is 0.853. The lowest BCUT2D eigenvalue weighted by Crippen LogP contribution is -2.36. The summed E-state index contributed by atoms with van der Waals surface area (Å²) in [5.74, 6) is 0.336. The molecular weight excluding hydrogens is 216 g/mol. The van der Waals surface area contributed by atoms with Crippen molar-refractivity contribution in [2.45, 2.75) is 26.7 Å². The third-order valence-corrected chi connectivity index (χ3v) is 3.20. The van der Waals surface area contributed by atoms with Gasteiger partial charge in [-0.3, -0.25) is 0 Å². The van der Waals surface area contributed by atoms with Crippen molar-refractivity contribution in [3.63, 3.8) is 0 Å². The Labute approximate surface area is 101 Å². The predicted octanol–water partition coefficient (Wildman–Crippen LogP) is 2.32. The Hall–Kier alpha value is -1.58. The number of carbonyl (C=O) groups is 1. The number of pyridine rings is 1. The second-order valence-corrected chi connectivity index (χ2v) is 4.82. The maximum absolute atomic E-state index is 11.2. The van der Waals surface area contributed by atoms with Gasteiger partial charge in [0.2, 0.25) is 0 Å². The maximum atomic E-state index is 11.2. The molecule has 17 heavy (non-hydrogen) atoms. The Kier molecular flexibility index (Phi) is 3.31. The van der Waals surface area contributed by atoms with E-state index in [-0.39, 0.29) is 0 Å². The molecule has 0 bridgehead atoms. The third kappa shape index (κ3) is 2.57. The zero-order valence-corrected chi connectivity index (χ0v) is 10.3. The molecule has 1 aromatic rings. The number of rotatable bonds is 2. The number of nitrogens with zero attached hydrogens (tertiary/aromatic N) is 2. The van der Waals surface area contributed by atoms with Crippen molar-refractivity contribution in [2.75, 3.05) is 18.0 Å². The molecule has 1 aromatic heterocycles. The first-order valence-corrected chi connectivity index (χ1v) is 6.04. The lowest BCUT2D eigenvalue weighted by molar-refractivity contribution is 0.0697. The standard InChI is InChI=1S/C13H18N2O2/c1-9-4-3-7-15(8-9)12-11(13(16)17)6-5-10(2)14-12/h5-6,9H,3-4,7-8H2,1-2H3,(H,16,17). The minimum atomic E-state index is -0.897. The average Bonchev–Trinajstić information content (AvgIpc) is 2.28. The van der Waals surface area contributed by atoms with Crippen molar-refractivity contribution in [1.29, 1.82) is 0 Å². The first kappa shape index (κ1) is 11.9. The van der Waals surface area contributed by atoms with Gasteiger partial charge >= 0.3 is 5.97 Å². The van der Waals surface area contributed by atoms with Crippen LogP contribution in [-0.4, -0.2) is 29.1 Å². The molecule has 92 valence electrons. The van der Waals surface area contributed by atoms with E-state index in [0.717, 1.165) is 25.2 Å². The van der Waals surface area contributed by atoms with Crippen LogP contribution in [0.25, 0.3) is 0 Å². The van der Waals surface area contributed by atoms with E-state index in [9.17, 15) is 9.90 Å². The lowest BCUT2D eigenvalue weighted by Gasteiger charge is -2.32. The number of aryl methyl sites for hydroxylation is 1. The van der Waals surface area contributed by atoms with Gasteiger partial charge < -0.3 is 10.0 Å². The molecule has 1 N–H and O–H groups in total. The number of hydrogen-bond donors (Lipinski definition) is 1. The largest absolute Gasteiger partial charge is 0.478 e. The van der Waals surface area contributed by atoms with Gasteiger partial charge in [0, 0.05) is 18.8 Å². The molecule has 0 aliphatic carbocycles. The molecule has 4 heteroatoms. The van der Waals surface area contributed by atoms with Gasteiger partial charge in [0.15, 0.2) is 0 Å². The van der Waals surface area contributed by atoms with Crippen molar-refractivity contribution in [3.05, 3.63) is 23.4 Å². The molecule has 0 saturated carbocycles. The Balaban J connectivity index is 2.35. The van der Waals surface area contributed by atoms with Gasteiger partial charge in [-0.05, 0) is 37.8 Å². The second-order valence-electron chi connectivity index (χ2n) is 4.82. The SMILES string of the molecule is Cc1ccc(C(=O)O)c(N2CCCC(C)C2)n1. The van der Waals surface area contributed by atoms with Gasteiger partial charge in [0.25, 0.3) is 0 Å². The molecule has 1 unspecified atom stereocenters. The van der Waals surface area contributed by atoms with Gasteiger partial charge in [0.05, 0.1) is 0 Å². The average molecular weight is 234 g/mol. The normalized spacial score (nSPS) is 20.4. The fraction of sp³-hybridized carbons (Fsp3) is 0.538. The highest BCUT2D eigenvalue weighted by molar-refractivity contribution is 5.93. The summed E-state index contributed by atoms with van der Waals surface area (Å²) in [7, 11) is 0. The zero-order valence-electron chi connectivity index (χ0n) is 10.3. The Morgan fingerprint density at radius 3 is 2.94 bits per heavy atom. The summed E-state index contributed by atoms with van der Waals surface area (Å²) in [6, 6.07) is 3.40. The second kappa shape index (κ2) is 4.73. The van der Waals surface area contributed by atoms with Gasteiger partial charge in [-0.1, -0.05) is 6.92 Å². The molecule has 2 heterocycles. The molecule has 2 rings (SSSR count). The van der Waals surface area contributed by atoms with E-state index in [1.54, 1.807) is 12.1 Å². The number of hydrogen-bond acceptors (Lipinski definition) is 3. The summed E-state index contributed by atoms with van der Waals surface area (Å²) >= 11 is 0. The van der Waals surface area contributed by atoms with Crippen molar-refractivity contribution in [1.82, 2.24) is 4.98 Å². The Bertz CT molecular complexity index is 431. The molecule has 0 amide bonds. The summed E-state index contributed by atoms with van der Waals surface area (Å²) in [4.78, 5) is 17.7. The molecule has 0 radical (unpaired) electrons. The molecule has 1 aliphatic heterocycles. The Morgan fingerprint density at radius 2 is 2.29 bits per heavy atom. The van der Waals surface area contributed by atoms with Crippen molar-refractivity contribution >= 4 is 11.8 Å². The monoisotopic (exact) mass is 234 g/mol. The van der Waals surface area contributed by atoms with Crippen molar-refractivity contribution in [3.8, 4) is 0 Å². The van der Waals surface area contributed by atoms with E-state index < -0.39 is 5.97 Å². The van der Waals surface area contributed by atoms with Crippen LogP contribution < -0.4 is 4.90 Å². The molecule has 0 spiro atoms. The fourth-order valence-electron chi connectivity index (χ4n) is 2.33. The van der Waals surface area contributed by atoms with Crippen LogP contribution in [-0.2, 0) is 0 Å². The van der Waals surface area contributed by atoms with Gasteiger partial charge in [-0.15, -0.1) is 0 Å². The minimum absolute atomic E-state index is 0.310. The van der Waals surface area contributed by atoms with Crippen LogP contribution in [0.15, 0.2) is 12.1 Å². The summed E-state index contributed by atoms with van der Waals surface area (Å²) in [6.45, 7) is 5.89. The van der Waals surface area contributed by atoms with Crippen LogP contribution in [0.5, 0.6) is 0 Å². The van der Waals surface area contributed by atoms with Gasteiger partial charge in [-0.2, -0.15) is 0 Å². The fourth-order valence-corrected chi connectivity index (χ4v) is 2.33. The predicted molar refractivity (Wildman–Crippen MR) is 66.5 cm³/mol. The molecule has 1 aliphatic rings. The van der Waals surface area contributed by atoms with E-state index in [0.29, 0.717) is 17.3 Å². The summed E-state index contributed by atoms with van der Waals surface area (Å²) in [5.41, 5.74) is 1.17. The molecular formula is C13H18N2O2. The van der Waals surface area contributed by atoms with Crippen LogP contribution in [0, 0.1) is 12.8 Å². The Morgan fingerprint density at radius 1 is 1.53 bits per heavy atom. The molecule has 1 fully saturated rings. The number of carboxylic acids is 1. The van der Waals surface area contributed by atoms with Crippen LogP contribution in [0.1, 0.15) is 35.8 Å². The number of piperidine rings is 1. The molecule has 4 nitrogen and oxygen atoms in total. The highest BCUT2D eigenvalue weighted by atomic mass is 16.4. The van der Waals surface area contributed by atoms with E-state index in [2.05, 4.69) is 16.8 Å². The van der Waals surface area contributed by atoms with Crippen LogP contribution >= 0.6 is 0 Å². The van der Waals surface area contributed by atoms with E-state index in [1.807, 2.05) is 6.92 Å². The number of anilines is 1. The molecule has 1 atom stereocenters. The maximum Gasteiger partial charge on any atom is 0.339 e. The van der Waals surface area contributed by atoms with Gasteiger partial charge in [-0.25, -0.2) is 9.78 Å². The highest BCUT2D eigenvalue weighted by Crippen LogP contribution is 2.24. The van der Waals surface area contributed by atoms with Crippen LogP contribution in [0.3, 0.4) is 0 Å². The first-order chi connectivity index (χ1) is 8.08. The minimum Gasteiger partial charge on any atom is -0.478 e. The van der Waals surface area contributed by atoms with E-state index in [4.69, 9.17) is 0 Å².